The molecule has 1 aromatic carbocycles. The van der Waals surface area contributed by atoms with Crippen molar-refractivity contribution >= 4 is 23.2 Å². The minimum atomic E-state index is -0.442. The van der Waals surface area contributed by atoms with Gasteiger partial charge in [0.2, 0.25) is 5.91 Å². The second kappa shape index (κ2) is 12.2. The van der Waals surface area contributed by atoms with E-state index in [-0.39, 0.29) is 18.0 Å². The number of benzene rings is 1. The third-order valence-electron chi connectivity index (χ3n) is 4.15. The van der Waals surface area contributed by atoms with Crippen molar-refractivity contribution in [3.05, 3.63) is 45.9 Å². The Bertz CT molecular complexity index is 776. The van der Waals surface area contributed by atoms with Crippen LogP contribution in [0.3, 0.4) is 0 Å². The molecule has 0 spiro atoms. The van der Waals surface area contributed by atoms with E-state index in [9.17, 15) is 9.59 Å². The Kier molecular flexibility index (Phi) is 9.59. The van der Waals surface area contributed by atoms with Gasteiger partial charge in [0, 0.05) is 25.1 Å². The van der Waals surface area contributed by atoms with Crippen LogP contribution in [0.4, 0.5) is 0 Å². The zero-order valence-corrected chi connectivity index (χ0v) is 18.0. The summed E-state index contributed by atoms with van der Waals surface area (Å²) in [6.07, 6.45) is 1.02. The van der Waals surface area contributed by atoms with Crippen LogP contribution in [0, 0.1) is 0 Å². The largest absolute Gasteiger partial charge is 0.497 e. The summed E-state index contributed by atoms with van der Waals surface area (Å²) in [7, 11) is 1.61. The Labute approximate surface area is 175 Å². The lowest BCUT2D eigenvalue weighted by Gasteiger charge is -2.22. The molecule has 0 atom stereocenters. The van der Waals surface area contributed by atoms with Crippen molar-refractivity contribution in [2.75, 3.05) is 33.5 Å². The smallest absolute Gasteiger partial charge is 0.357 e. The highest BCUT2D eigenvalue weighted by Crippen LogP contribution is 2.16. The number of hydrogen-bond acceptors (Lipinski definition) is 7. The summed E-state index contributed by atoms with van der Waals surface area (Å²) >= 11 is 1.35. The summed E-state index contributed by atoms with van der Waals surface area (Å²) in [5, 5.41) is 2.37. The van der Waals surface area contributed by atoms with Gasteiger partial charge in [-0.2, -0.15) is 0 Å². The Hall–Kier alpha value is -2.45. The summed E-state index contributed by atoms with van der Waals surface area (Å²) in [6.45, 7) is 6.15. The molecule has 0 saturated carbocycles. The first-order valence-corrected chi connectivity index (χ1v) is 10.5. The lowest BCUT2D eigenvalue weighted by atomic mass is 10.1. The molecule has 2 rings (SSSR count). The van der Waals surface area contributed by atoms with Crippen LogP contribution in [-0.4, -0.2) is 55.2 Å². The van der Waals surface area contributed by atoms with E-state index >= 15 is 0 Å². The van der Waals surface area contributed by atoms with E-state index < -0.39 is 5.97 Å². The standard InChI is InChI=1S/C21H28N2O5S/c1-4-27-12-6-11-23(14-19-22-18(15-29-19)21(25)28-5-2)20(24)13-16-7-9-17(26-3)10-8-16/h7-10,15H,4-6,11-14H2,1-3H3. The number of esters is 1. The summed E-state index contributed by atoms with van der Waals surface area (Å²) in [5.41, 5.74) is 1.20. The highest BCUT2D eigenvalue weighted by molar-refractivity contribution is 7.09. The predicted octanol–water partition coefficient (Wildman–Crippen LogP) is 3.33. The van der Waals surface area contributed by atoms with Crippen LogP contribution in [0.2, 0.25) is 0 Å². The van der Waals surface area contributed by atoms with Crippen LogP contribution in [-0.2, 0) is 27.2 Å². The first-order valence-electron chi connectivity index (χ1n) is 9.67. The molecule has 158 valence electrons. The van der Waals surface area contributed by atoms with Gasteiger partial charge in [0.05, 0.1) is 26.7 Å². The summed E-state index contributed by atoms with van der Waals surface area (Å²) in [6, 6.07) is 7.46. The summed E-state index contributed by atoms with van der Waals surface area (Å²) in [4.78, 5) is 30.8. The number of hydrogen-bond donors (Lipinski definition) is 0. The number of nitrogens with zero attached hydrogens (tertiary/aromatic N) is 2. The van der Waals surface area contributed by atoms with Crippen LogP contribution in [0.1, 0.15) is 41.3 Å². The number of carbonyl (C=O) groups is 2. The molecule has 7 nitrogen and oxygen atoms in total. The van der Waals surface area contributed by atoms with Crippen molar-refractivity contribution in [3.63, 3.8) is 0 Å². The van der Waals surface area contributed by atoms with Crippen LogP contribution in [0.25, 0.3) is 0 Å². The molecule has 1 aromatic heterocycles. The Morgan fingerprint density at radius 2 is 1.90 bits per heavy atom. The predicted molar refractivity (Wildman–Crippen MR) is 111 cm³/mol. The molecule has 0 radical (unpaired) electrons. The molecule has 0 fully saturated rings. The minimum Gasteiger partial charge on any atom is -0.497 e. The number of aromatic nitrogens is 1. The van der Waals surface area contributed by atoms with Crippen molar-refractivity contribution in [2.45, 2.75) is 33.2 Å². The van der Waals surface area contributed by atoms with E-state index in [1.807, 2.05) is 31.2 Å². The molecular formula is C21H28N2O5S. The van der Waals surface area contributed by atoms with E-state index in [4.69, 9.17) is 14.2 Å². The SMILES string of the molecule is CCOCCCN(Cc1nc(C(=O)OCC)cs1)C(=O)Cc1ccc(OC)cc1. The fraction of sp³-hybridized carbons (Fsp3) is 0.476. The lowest BCUT2D eigenvalue weighted by molar-refractivity contribution is -0.131. The average molecular weight is 421 g/mol. The second-order valence-corrected chi connectivity index (χ2v) is 7.18. The zero-order chi connectivity index (χ0) is 21.1. The van der Waals surface area contributed by atoms with Crippen molar-refractivity contribution in [1.82, 2.24) is 9.88 Å². The third-order valence-corrected chi connectivity index (χ3v) is 4.98. The Morgan fingerprint density at radius 3 is 2.55 bits per heavy atom. The number of rotatable bonds is 12. The van der Waals surface area contributed by atoms with E-state index in [1.54, 1.807) is 24.3 Å². The van der Waals surface area contributed by atoms with Gasteiger partial charge in [0.15, 0.2) is 5.69 Å². The molecule has 0 aliphatic rings. The lowest BCUT2D eigenvalue weighted by Crippen LogP contribution is -2.33. The highest BCUT2D eigenvalue weighted by atomic mass is 32.1. The maximum absolute atomic E-state index is 12.9. The van der Waals surface area contributed by atoms with Gasteiger partial charge in [-0.05, 0) is 38.0 Å². The molecule has 0 saturated heterocycles. The number of ether oxygens (including phenoxy) is 3. The van der Waals surface area contributed by atoms with Gasteiger partial charge in [-0.15, -0.1) is 11.3 Å². The van der Waals surface area contributed by atoms with Gasteiger partial charge in [0.25, 0.3) is 0 Å². The normalized spacial score (nSPS) is 10.6. The van der Waals surface area contributed by atoms with Gasteiger partial charge >= 0.3 is 5.97 Å². The monoisotopic (exact) mass is 420 g/mol. The minimum absolute atomic E-state index is 0.000417. The number of carbonyl (C=O) groups excluding carboxylic acids is 2. The summed E-state index contributed by atoms with van der Waals surface area (Å²) in [5.74, 6) is 0.311. The topological polar surface area (TPSA) is 78.0 Å². The molecular weight excluding hydrogens is 392 g/mol. The molecule has 1 amide bonds. The number of amides is 1. The zero-order valence-electron chi connectivity index (χ0n) is 17.2. The molecule has 29 heavy (non-hydrogen) atoms. The number of methoxy groups -OCH3 is 1. The molecule has 0 aliphatic heterocycles. The molecule has 8 heteroatoms. The van der Waals surface area contributed by atoms with Gasteiger partial charge < -0.3 is 19.1 Å². The van der Waals surface area contributed by atoms with Crippen LogP contribution >= 0.6 is 11.3 Å². The van der Waals surface area contributed by atoms with Crippen molar-refractivity contribution in [3.8, 4) is 5.75 Å². The maximum Gasteiger partial charge on any atom is 0.357 e. The second-order valence-electron chi connectivity index (χ2n) is 6.24. The van der Waals surface area contributed by atoms with E-state index in [0.29, 0.717) is 37.9 Å². The summed E-state index contributed by atoms with van der Waals surface area (Å²) < 4.78 is 15.5. The molecule has 0 unspecified atom stereocenters. The molecule has 0 aliphatic carbocycles. The van der Waals surface area contributed by atoms with E-state index in [0.717, 1.165) is 17.7 Å². The first kappa shape index (κ1) is 22.8. The Balaban J connectivity index is 2.04. The van der Waals surface area contributed by atoms with Gasteiger partial charge in [0.1, 0.15) is 10.8 Å². The van der Waals surface area contributed by atoms with Crippen LogP contribution < -0.4 is 4.74 Å². The maximum atomic E-state index is 12.9. The molecule has 1 heterocycles. The molecule has 2 aromatic rings. The van der Waals surface area contributed by atoms with Crippen LogP contribution in [0.5, 0.6) is 5.75 Å². The first-order chi connectivity index (χ1) is 14.1. The van der Waals surface area contributed by atoms with Crippen LogP contribution in [0.15, 0.2) is 29.6 Å². The fourth-order valence-electron chi connectivity index (χ4n) is 2.67. The van der Waals surface area contributed by atoms with Gasteiger partial charge in [-0.3, -0.25) is 4.79 Å². The average Bonchev–Trinajstić information content (AvgIpc) is 3.20. The quantitative estimate of drug-likeness (QED) is 0.387. The fourth-order valence-corrected chi connectivity index (χ4v) is 3.45. The number of thiazole rings is 1. The van der Waals surface area contributed by atoms with E-state index in [2.05, 4.69) is 4.98 Å². The van der Waals surface area contributed by atoms with Gasteiger partial charge in [-0.25, -0.2) is 9.78 Å². The van der Waals surface area contributed by atoms with E-state index in [1.165, 1.54) is 11.3 Å². The van der Waals surface area contributed by atoms with Crippen molar-refractivity contribution in [2.24, 2.45) is 0 Å². The third kappa shape index (κ3) is 7.47. The Morgan fingerprint density at radius 1 is 1.14 bits per heavy atom. The molecule has 0 bridgehead atoms. The van der Waals surface area contributed by atoms with Crippen molar-refractivity contribution in [1.29, 1.82) is 0 Å². The van der Waals surface area contributed by atoms with Crippen molar-refractivity contribution < 1.29 is 23.8 Å². The van der Waals surface area contributed by atoms with Gasteiger partial charge in [-0.1, -0.05) is 12.1 Å². The highest BCUT2D eigenvalue weighted by Gasteiger charge is 2.18. The molecule has 0 N–H and O–H groups in total.